The van der Waals surface area contributed by atoms with E-state index in [1.807, 2.05) is 0 Å². The van der Waals surface area contributed by atoms with Crippen molar-refractivity contribution in [3.8, 4) is 0 Å². The molecule has 0 unspecified atom stereocenters. The molecule has 0 radical (unpaired) electrons. The second kappa shape index (κ2) is 3.99. The first kappa shape index (κ1) is 8.85. The van der Waals surface area contributed by atoms with Crippen molar-refractivity contribution < 1.29 is 0 Å². The van der Waals surface area contributed by atoms with E-state index in [4.69, 9.17) is 5.73 Å². The highest BCUT2D eigenvalue weighted by atomic mass is 32.2. The Balaban J connectivity index is 1.97. The van der Waals surface area contributed by atoms with Crippen molar-refractivity contribution >= 4 is 39.6 Å². The van der Waals surface area contributed by atoms with E-state index in [2.05, 4.69) is 19.8 Å². The van der Waals surface area contributed by atoms with E-state index in [1.54, 1.807) is 17.3 Å². The van der Waals surface area contributed by atoms with Gasteiger partial charge >= 0.3 is 0 Å². The highest BCUT2D eigenvalue weighted by molar-refractivity contribution is 8.00. The zero-order valence-corrected chi connectivity index (χ0v) is 8.82. The van der Waals surface area contributed by atoms with E-state index in [0.717, 1.165) is 10.0 Å². The second-order valence-corrected chi connectivity index (χ2v) is 4.92. The normalized spacial score (nSPS) is 10.5. The lowest BCUT2D eigenvalue weighted by atomic mass is 10.5. The molecule has 0 bridgehead atoms. The molecule has 2 aromatic heterocycles. The Morgan fingerprint density at radius 1 is 1.46 bits per heavy atom. The van der Waals surface area contributed by atoms with Crippen LogP contribution in [0.1, 0.15) is 5.69 Å². The first-order valence-electron chi connectivity index (χ1n) is 3.32. The number of rotatable bonds is 3. The number of nitrogens with zero attached hydrogens (tertiary/aromatic N) is 4. The fourth-order valence-electron chi connectivity index (χ4n) is 0.672. The SMILES string of the molecule is Nc1snnc1CSc1nncs1. The molecule has 13 heavy (non-hydrogen) atoms. The molecule has 0 aliphatic rings. The van der Waals surface area contributed by atoms with Gasteiger partial charge in [-0.25, -0.2) is 0 Å². The van der Waals surface area contributed by atoms with Gasteiger partial charge in [-0.2, -0.15) is 0 Å². The largest absolute Gasteiger partial charge is 0.388 e. The lowest BCUT2D eigenvalue weighted by Gasteiger charge is -1.92. The van der Waals surface area contributed by atoms with Crippen LogP contribution in [0.3, 0.4) is 0 Å². The van der Waals surface area contributed by atoms with E-state index >= 15 is 0 Å². The molecule has 2 heterocycles. The number of aromatic nitrogens is 4. The summed E-state index contributed by atoms with van der Waals surface area (Å²) in [6.07, 6.45) is 0. The lowest BCUT2D eigenvalue weighted by Crippen LogP contribution is -1.88. The van der Waals surface area contributed by atoms with E-state index < -0.39 is 0 Å². The van der Waals surface area contributed by atoms with Crippen LogP contribution >= 0.6 is 34.6 Å². The summed E-state index contributed by atoms with van der Waals surface area (Å²) in [6, 6.07) is 0. The van der Waals surface area contributed by atoms with Crippen molar-refractivity contribution in [2.45, 2.75) is 10.1 Å². The molecule has 0 aromatic carbocycles. The van der Waals surface area contributed by atoms with Crippen LogP contribution in [0.2, 0.25) is 0 Å². The smallest absolute Gasteiger partial charge is 0.174 e. The number of nitrogens with two attached hydrogens (primary N) is 1. The predicted octanol–water partition coefficient (Wildman–Crippen LogP) is 1.26. The van der Waals surface area contributed by atoms with Gasteiger partial charge < -0.3 is 5.73 Å². The van der Waals surface area contributed by atoms with Gasteiger partial charge in [0, 0.05) is 17.3 Å². The minimum atomic E-state index is 0.678. The van der Waals surface area contributed by atoms with Gasteiger partial charge in [0.15, 0.2) is 4.34 Å². The maximum Gasteiger partial charge on any atom is 0.174 e. The van der Waals surface area contributed by atoms with Crippen LogP contribution in [0.15, 0.2) is 9.85 Å². The zero-order valence-electron chi connectivity index (χ0n) is 6.38. The van der Waals surface area contributed by atoms with Crippen molar-refractivity contribution in [3.63, 3.8) is 0 Å². The maximum atomic E-state index is 5.63. The molecule has 0 fully saturated rings. The predicted molar refractivity (Wildman–Crippen MR) is 53.8 cm³/mol. The Morgan fingerprint density at radius 3 is 3.00 bits per heavy atom. The summed E-state index contributed by atoms with van der Waals surface area (Å²) in [4.78, 5) is 0. The molecule has 2 N–H and O–H groups in total. The van der Waals surface area contributed by atoms with Crippen molar-refractivity contribution in [3.05, 3.63) is 11.2 Å². The third-order valence-electron chi connectivity index (χ3n) is 1.26. The fourth-order valence-corrected chi connectivity index (χ4v) is 2.64. The van der Waals surface area contributed by atoms with Gasteiger partial charge in [-0.3, -0.25) is 0 Å². The van der Waals surface area contributed by atoms with Crippen molar-refractivity contribution in [1.29, 1.82) is 0 Å². The summed E-state index contributed by atoms with van der Waals surface area (Å²) in [7, 11) is 0. The summed E-state index contributed by atoms with van der Waals surface area (Å²) in [6.45, 7) is 0. The molecule has 0 saturated heterocycles. The van der Waals surface area contributed by atoms with E-state index in [0.29, 0.717) is 10.8 Å². The van der Waals surface area contributed by atoms with Gasteiger partial charge in [0.25, 0.3) is 0 Å². The van der Waals surface area contributed by atoms with Crippen LogP contribution in [0.25, 0.3) is 0 Å². The fraction of sp³-hybridized carbons (Fsp3) is 0.200. The third-order valence-corrected chi connectivity index (χ3v) is 3.72. The summed E-state index contributed by atoms with van der Waals surface area (Å²) in [5, 5.41) is 12.2. The van der Waals surface area contributed by atoms with Gasteiger partial charge in [0.05, 0.1) is 0 Å². The molecular formula is C5H5N5S3. The number of anilines is 1. The highest BCUT2D eigenvalue weighted by Gasteiger charge is 2.05. The maximum absolute atomic E-state index is 5.63. The van der Waals surface area contributed by atoms with Gasteiger partial charge in [-0.15, -0.1) is 15.3 Å². The molecule has 8 heteroatoms. The van der Waals surface area contributed by atoms with Crippen molar-refractivity contribution in [2.24, 2.45) is 0 Å². The van der Waals surface area contributed by atoms with Gasteiger partial charge in [-0.1, -0.05) is 27.6 Å². The minimum absolute atomic E-state index is 0.678. The Hall–Kier alpha value is -0.730. The summed E-state index contributed by atoms with van der Waals surface area (Å²) in [5.74, 6) is 0.706. The standard InChI is InChI=1S/C5H5N5S3/c6-4-3(8-10-13-4)1-11-5-9-7-2-12-5/h2H,1,6H2. The zero-order chi connectivity index (χ0) is 9.10. The number of hydrogen-bond acceptors (Lipinski definition) is 8. The lowest BCUT2D eigenvalue weighted by molar-refractivity contribution is 1.01. The molecule has 5 nitrogen and oxygen atoms in total. The van der Waals surface area contributed by atoms with Crippen LogP contribution in [0.5, 0.6) is 0 Å². The summed E-state index contributed by atoms with van der Waals surface area (Å²) in [5.41, 5.74) is 8.15. The third kappa shape index (κ3) is 2.14. The second-order valence-electron chi connectivity index (χ2n) is 2.08. The molecular weight excluding hydrogens is 226 g/mol. The van der Waals surface area contributed by atoms with Crippen molar-refractivity contribution in [2.75, 3.05) is 5.73 Å². The van der Waals surface area contributed by atoms with E-state index in [-0.39, 0.29) is 0 Å². The van der Waals surface area contributed by atoms with E-state index in [1.165, 1.54) is 22.9 Å². The van der Waals surface area contributed by atoms with Crippen LogP contribution in [-0.4, -0.2) is 19.8 Å². The quantitative estimate of drug-likeness (QED) is 0.801. The molecule has 2 aromatic rings. The highest BCUT2D eigenvalue weighted by Crippen LogP contribution is 2.25. The minimum Gasteiger partial charge on any atom is -0.388 e. The molecule has 0 spiro atoms. The number of nitrogen functional groups attached to an aromatic ring is 1. The van der Waals surface area contributed by atoms with Crippen LogP contribution in [-0.2, 0) is 5.75 Å². The molecule has 0 aliphatic carbocycles. The monoisotopic (exact) mass is 231 g/mol. The average Bonchev–Trinajstić information content (AvgIpc) is 2.72. The average molecular weight is 231 g/mol. The van der Waals surface area contributed by atoms with E-state index in [9.17, 15) is 0 Å². The topological polar surface area (TPSA) is 77.6 Å². The molecule has 0 atom stereocenters. The van der Waals surface area contributed by atoms with Crippen LogP contribution in [0, 0.1) is 0 Å². The molecule has 0 amide bonds. The van der Waals surface area contributed by atoms with Gasteiger partial charge in [0.2, 0.25) is 0 Å². The van der Waals surface area contributed by atoms with Gasteiger partial charge in [-0.05, 0) is 0 Å². The Kier molecular flexibility index (Phi) is 2.71. The molecule has 2 rings (SSSR count). The Bertz CT molecular complexity index is 369. The Labute approximate surface area is 86.6 Å². The Morgan fingerprint density at radius 2 is 2.38 bits per heavy atom. The first-order chi connectivity index (χ1) is 6.36. The van der Waals surface area contributed by atoms with Crippen molar-refractivity contribution in [1.82, 2.24) is 19.8 Å². The number of thioether (sulfide) groups is 1. The summed E-state index contributed by atoms with van der Waals surface area (Å²) >= 11 is 4.29. The first-order valence-corrected chi connectivity index (χ1v) is 5.96. The van der Waals surface area contributed by atoms with Crippen LogP contribution in [0.4, 0.5) is 5.00 Å². The molecule has 68 valence electrons. The molecule has 0 aliphatic heterocycles. The summed E-state index contributed by atoms with van der Waals surface area (Å²) < 4.78 is 4.67. The number of hydrogen-bond donors (Lipinski definition) is 1. The molecule has 0 saturated carbocycles. The van der Waals surface area contributed by atoms with Crippen LogP contribution < -0.4 is 5.73 Å². The van der Waals surface area contributed by atoms with Gasteiger partial charge in [0.1, 0.15) is 16.2 Å².